The van der Waals surface area contributed by atoms with Crippen LogP contribution >= 0.6 is 0 Å². The zero-order valence-electron chi connectivity index (χ0n) is 12.4. The second-order valence-corrected chi connectivity index (χ2v) is 5.22. The van der Waals surface area contributed by atoms with E-state index in [-0.39, 0.29) is 0 Å². The van der Waals surface area contributed by atoms with Gasteiger partial charge < -0.3 is 5.73 Å². The van der Waals surface area contributed by atoms with E-state index < -0.39 is 0 Å². The molecule has 0 heterocycles. The minimum atomic E-state index is 0.756. The first-order valence-corrected chi connectivity index (χ1v) is 7.27. The molecule has 3 nitrogen and oxygen atoms in total. The minimum absolute atomic E-state index is 0.756. The van der Waals surface area contributed by atoms with Gasteiger partial charge in [0.2, 0.25) is 0 Å². The third-order valence-corrected chi connectivity index (χ3v) is 3.43. The van der Waals surface area contributed by atoms with Gasteiger partial charge in [0.15, 0.2) is 0 Å². The van der Waals surface area contributed by atoms with Crippen LogP contribution in [0.1, 0.15) is 30.0 Å². The highest BCUT2D eigenvalue weighted by Gasteiger charge is 2.09. The largest absolute Gasteiger partial charge is 0.399 e. The topological polar surface area (TPSA) is 53.0 Å². The number of anilines is 1. The maximum atomic E-state index is 9.20. The molecule has 108 valence electrons. The highest BCUT2D eigenvalue weighted by molar-refractivity contribution is 5.41. The highest BCUT2D eigenvalue weighted by atomic mass is 15.1. The lowest BCUT2D eigenvalue weighted by molar-refractivity contribution is 0.257. The number of nitrogen functional groups attached to an aromatic ring is 1. The van der Waals surface area contributed by atoms with Gasteiger partial charge in [0.25, 0.3) is 0 Å². The summed E-state index contributed by atoms with van der Waals surface area (Å²) >= 11 is 0. The molecule has 0 aliphatic carbocycles. The van der Waals surface area contributed by atoms with Crippen molar-refractivity contribution in [3.05, 3.63) is 65.2 Å². The molecule has 0 amide bonds. The first kappa shape index (κ1) is 15.1. The van der Waals surface area contributed by atoms with Gasteiger partial charge in [-0.05, 0) is 42.3 Å². The highest BCUT2D eigenvalue weighted by Crippen LogP contribution is 2.15. The van der Waals surface area contributed by atoms with Gasteiger partial charge in [0.05, 0.1) is 11.6 Å². The first-order chi connectivity index (χ1) is 10.2. The van der Waals surface area contributed by atoms with Crippen molar-refractivity contribution in [2.45, 2.75) is 26.4 Å². The van der Waals surface area contributed by atoms with Crippen LogP contribution in [-0.4, -0.2) is 11.4 Å². The van der Waals surface area contributed by atoms with E-state index >= 15 is 0 Å². The summed E-state index contributed by atoms with van der Waals surface area (Å²) in [4.78, 5) is 2.35. The molecule has 0 atom stereocenters. The average molecular weight is 279 g/mol. The Morgan fingerprint density at radius 1 is 1.10 bits per heavy atom. The Bertz CT molecular complexity index is 628. The molecule has 2 aromatic carbocycles. The standard InChI is InChI=1S/C18H21N3/c1-2-10-21(13-15-6-5-9-18(20)11-15)14-17-8-4-3-7-16(17)12-19/h3-9,11H,2,10,13-14,20H2,1H3. The molecule has 0 fully saturated rings. The molecule has 0 aliphatic rings. The number of hydrogen-bond donors (Lipinski definition) is 1. The van der Waals surface area contributed by atoms with Gasteiger partial charge in [-0.3, -0.25) is 4.90 Å². The fourth-order valence-electron chi connectivity index (χ4n) is 2.49. The summed E-state index contributed by atoms with van der Waals surface area (Å²) in [6.07, 6.45) is 1.08. The van der Waals surface area contributed by atoms with Crippen LogP contribution in [0.2, 0.25) is 0 Å². The molecule has 0 radical (unpaired) electrons. The molecule has 0 aliphatic heterocycles. The number of nitrogens with two attached hydrogens (primary N) is 1. The quantitative estimate of drug-likeness (QED) is 0.823. The number of benzene rings is 2. The lowest BCUT2D eigenvalue weighted by atomic mass is 10.1. The first-order valence-electron chi connectivity index (χ1n) is 7.27. The SMILES string of the molecule is CCCN(Cc1cccc(N)c1)Cc1ccccc1C#N. The van der Waals surface area contributed by atoms with Crippen LogP contribution in [0.25, 0.3) is 0 Å². The molecule has 2 aromatic rings. The Hall–Kier alpha value is -2.31. The Balaban J connectivity index is 2.14. The normalized spacial score (nSPS) is 10.5. The number of hydrogen-bond acceptors (Lipinski definition) is 3. The monoisotopic (exact) mass is 279 g/mol. The fourth-order valence-corrected chi connectivity index (χ4v) is 2.49. The molecular formula is C18H21N3. The Morgan fingerprint density at radius 2 is 1.90 bits per heavy atom. The van der Waals surface area contributed by atoms with Gasteiger partial charge in [-0.1, -0.05) is 37.3 Å². The minimum Gasteiger partial charge on any atom is -0.399 e. The Labute approximate surface area is 126 Å². The van der Waals surface area contributed by atoms with E-state index in [1.807, 2.05) is 42.5 Å². The average Bonchev–Trinajstić information content (AvgIpc) is 2.48. The Morgan fingerprint density at radius 3 is 2.62 bits per heavy atom. The molecular weight excluding hydrogens is 258 g/mol. The van der Waals surface area contributed by atoms with Crippen molar-refractivity contribution in [2.24, 2.45) is 0 Å². The summed E-state index contributed by atoms with van der Waals surface area (Å²) in [5.41, 5.74) is 9.68. The van der Waals surface area contributed by atoms with Gasteiger partial charge >= 0.3 is 0 Å². The van der Waals surface area contributed by atoms with Gasteiger partial charge in [-0.15, -0.1) is 0 Å². The third-order valence-electron chi connectivity index (χ3n) is 3.43. The van der Waals surface area contributed by atoms with Crippen LogP contribution in [0.4, 0.5) is 5.69 Å². The zero-order chi connectivity index (χ0) is 15.1. The van der Waals surface area contributed by atoms with Gasteiger partial charge in [-0.25, -0.2) is 0 Å². The summed E-state index contributed by atoms with van der Waals surface area (Å²) < 4.78 is 0. The fraction of sp³-hybridized carbons (Fsp3) is 0.278. The van der Waals surface area contributed by atoms with Gasteiger partial charge in [-0.2, -0.15) is 5.26 Å². The Kier molecular flexibility index (Phi) is 5.36. The van der Waals surface area contributed by atoms with Crippen molar-refractivity contribution in [2.75, 3.05) is 12.3 Å². The molecule has 0 saturated heterocycles. The van der Waals surface area contributed by atoms with E-state index in [4.69, 9.17) is 5.73 Å². The molecule has 2 rings (SSSR count). The van der Waals surface area contributed by atoms with E-state index in [1.54, 1.807) is 0 Å². The number of rotatable bonds is 6. The van der Waals surface area contributed by atoms with E-state index in [0.29, 0.717) is 0 Å². The second-order valence-electron chi connectivity index (χ2n) is 5.22. The summed E-state index contributed by atoms with van der Waals surface area (Å²) in [6, 6.07) is 18.1. The summed E-state index contributed by atoms with van der Waals surface area (Å²) in [5.74, 6) is 0. The van der Waals surface area contributed by atoms with Crippen LogP contribution in [0.15, 0.2) is 48.5 Å². The van der Waals surface area contributed by atoms with Crippen LogP contribution < -0.4 is 5.73 Å². The smallest absolute Gasteiger partial charge is 0.0995 e. The molecule has 0 saturated carbocycles. The van der Waals surface area contributed by atoms with Crippen molar-refractivity contribution < 1.29 is 0 Å². The van der Waals surface area contributed by atoms with Crippen molar-refractivity contribution in [3.8, 4) is 6.07 Å². The predicted molar refractivity (Wildman–Crippen MR) is 86.4 cm³/mol. The lowest BCUT2D eigenvalue weighted by Gasteiger charge is -2.22. The van der Waals surface area contributed by atoms with Crippen LogP contribution in [0.5, 0.6) is 0 Å². The van der Waals surface area contributed by atoms with E-state index in [0.717, 1.165) is 42.9 Å². The maximum absolute atomic E-state index is 9.20. The van der Waals surface area contributed by atoms with Crippen LogP contribution in [0, 0.1) is 11.3 Å². The van der Waals surface area contributed by atoms with Crippen LogP contribution in [0.3, 0.4) is 0 Å². The lowest BCUT2D eigenvalue weighted by Crippen LogP contribution is -2.24. The van der Waals surface area contributed by atoms with Crippen molar-refractivity contribution >= 4 is 5.69 Å². The van der Waals surface area contributed by atoms with Crippen molar-refractivity contribution in [1.82, 2.24) is 4.90 Å². The van der Waals surface area contributed by atoms with Crippen molar-refractivity contribution in [3.63, 3.8) is 0 Å². The van der Waals surface area contributed by atoms with Gasteiger partial charge in [0, 0.05) is 18.8 Å². The zero-order valence-corrected chi connectivity index (χ0v) is 12.4. The van der Waals surface area contributed by atoms with E-state index in [9.17, 15) is 5.26 Å². The van der Waals surface area contributed by atoms with E-state index in [1.165, 1.54) is 5.56 Å². The third kappa shape index (κ3) is 4.34. The molecule has 21 heavy (non-hydrogen) atoms. The summed E-state index contributed by atoms with van der Waals surface area (Å²) in [7, 11) is 0. The molecule has 0 bridgehead atoms. The molecule has 3 heteroatoms. The van der Waals surface area contributed by atoms with Crippen LogP contribution in [-0.2, 0) is 13.1 Å². The summed E-state index contributed by atoms with van der Waals surface area (Å²) in [6.45, 7) is 4.79. The van der Waals surface area contributed by atoms with Crippen molar-refractivity contribution in [1.29, 1.82) is 5.26 Å². The molecule has 0 unspecified atom stereocenters. The second kappa shape index (κ2) is 7.47. The number of nitriles is 1. The van der Waals surface area contributed by atoms with E-state index in [2.05, 4.69) is 24.0 Å². The molecule has 0 spiro atoms. The summed E-state index contributed by atoms with van der Waals surface area (Å²) in [5, 5.41) is 9.20. The number of nitrogens with zero attached hydrogens (tertiary/aromatic N) is 2. The molecule has 0 aromatic heterocycles. The maximum Gasteiger partial charge on any atom is 0.0995 e. The van der Waals surface area contributed by atoms with Gasteiger partial charge in [0.1, 0.15) is 0 Å². The predicted octanol–water partition coefficient (Wildman–Crippen LogP) is 3.55. The molecule has 2 N–H and O–H groups in total.